The highest BCUT2D eigenvalue weighted by atomic mass is 35.5. The molecule has 1 amide bonds. The maximum Gasteiger partial charge on any atom is 0.270 e. The molecule has 1 aromatic heterocycles. The van der Waals surface area contributed by atoms with E-state index in [1.54, 1.807) is 23.6 Å². The molecular weight excluding hydrogens is 345 g/mol. The first-order valence-electron chi connectivity index (χ1n) is 6.60. The van der Waals surface area contributed by atoms with E-state index < -0.39 is 0 Å². The van der Waals surface area contributed by atoms with Gasteiger partial charge in [0.1, 0.15) is 16.5 Å². The number of nitrogens with two attached hydrogens (primary N) is 1. The number of carbonyl (C=O) groups is 1. The first kappa shape index (κ1) is 17.0. The molecule has 0 unspecified atom stereocenters. The summed E-state index contributed by atoms with van der Waals surface area (Å²) in [6.45, 7) is 1.26. The Morgan fingerprint density at radius 2 is 2.23 bits per heavy atom. The minimum atomic E-state index is -0.208. The first-order chi connectivity index (χ1) is 10.6. The molecule has 0 bridgehead atoms. The maximum absolute atomic E-state index is 11.8. The van der Waals surface area contributed by atoms with Gasteiger partial charge in [-0.3, -0.25) is 4.79 Å². The topological polar surface area (TPSA) is 77.2 Å². The fourth-order valence-corrected chi connectivity index (χ4v) is 2.77. The van der Waals surface area contributed by atoms with Crippen molar-refractivity contribution >= 4 is 40.4 Å². The van der Waals surface area contributed by atoms with Gasteiger partial charge in [-0.1, -0.05) is 23.2 Å². The average Bonchev–Trinajstić information content (AvgIpc) is 2.97. The van der Waals surface area contributed by atoms with Crippen LogP contribution in [0.5, 0.6) is 5.75 Å². The predicted octanol–water partition coefficient (Wildman–Crippen LogP) is 3.11. The van der Waals surface area contributed by atoms with Gasteiger partial charge in [0.05, 0.1) is 11.6 Å². The lowest BCUT2D eigenvalue weighted by Crippen LogP contribution is -2.26. The summed E-state index contributed by atoms with van der Waals surface area (Å²) in [5.74, 6) is 0.366. The molecule has 3 N–H and O–H groups in total. The van der Waals surface area contributed by atoms with Crippen LogP contribution >= 0.6 is 34.5 Å². The van der Waals surface area contributed by atoms with Crippen molar-refractivity contribution in [3.05, 3.63) is 44.3 Å². The van der Waals surface area contributed by atoms with Gasteiger partial charge in [-0.15, -0.1) is 11.3 Å². The van der Waals surface area contributed by atoms with Crippen molar-refractivity contribution < 1.29 is 9.53 Å². The summed E-state index contributed by atoms with van der Waals surface area (Å²) >= 11 is 13.2. The molecule has 0 fully saturated rings. The van der Waals surface area contributed by atoms with Crippen LogP contribution in [0.3, 0.4) is 0 Å². The second-order valence-electron chi connectivity index (χ2n) is 4.36. The predicted molar refractivity (Wildman–Crippen MR) is 88.9 cm³/mol. The van der Waals surface area contributed by atoms with E-state index >= 15 is 0 Å². The molecule has 0 spiro atoms. The lowest BCUT2D eigenvalue weighted by Gasteiger charge is -2.08. The number of rotatable bonds is 7. The number of carbonyl (C=O) groups excluding carboxylic acids is 1. The van der Waals surface area contributed by atoms with Crippen LogP contribution in [0.15, 0.2) is 23.6 Å². The van der Waals surface area contributed by atoms with Crippen molar-refractivity contribution in [3.63, 3.8) is 0 Å². The quantitative estimate of drug-likeness (QED) is 0.744. The minimum absolute atomic E-state index is 0.208. The smallest absolute Gasteiger partial charge is 0.270 e. The summed E-state index contributed by atoms with van der Waals surface area (Å²) in [5, 5.41) is 6.24. The molecule has 2 rings (SSSR count). The summed E-state index contributed by atoms with van der Waals surface area (Å²) < 4.78 is 5.53. The number of nitrogens with one attached hydrogen (secondary N) is 1. The van der Waals surface area contributed by atoms with Gasteiger partial charge in [0.2, 0.25) is 0 Å². The normalized spacial score (nSPS) is 10.5. The Morgan fingerprint density at radius 1 is 1.41 bits per heavy atom. The zero-order chi connectivity index (χ0) is 15.9. The summed E-state index contributed by atoms with van der Waals surface area (Å²) in [7, 11) is 0. The van der Waals surface area contributed by atoms with Crippen LogP contribution in [0.25, 0.3) is 0 Å². The molecule has 0 aliphatic heterocycles. The number of benzene rings is 1. The number of nitrogens with zero attached hydrogens (tertiary/aromatic N) is 1. The van der Waals surface area contributed by atoms with Crippen LogP contribution in [0, 0.1) is 0 Å². The molecule has 0 saturated heterocycles. The monoisotopic (exact) mass is 359 g/mol. The number of aromatic nitrogens is 1. The van der Waals surface area contributed by atoms with E-state index in [9.17, 15) is 4.79 Å². The number of thiazole rings is 1. The molecule has 1 heterocycles. The fraction of sp³-hybridized carbons (Fsp3) is 0.286. The van der Waals surface area contributed by atoms with Crippen LogP contribution in [0.4, 0.5) is 0 Å². The van der Waals surface area contributed by atoms with Crippen LogP contribution in [-0.2, 0) is 6.54 Å². The van der Waals surface area contributed by atoms with E-state index in [1.165, 1.54) is 11.3 Å². The SMILES string of the molecule is NCc1nc(C(=O)NCCCOc2ccc(Cl)cc2Cl)cs1. The van der Waals surface area contributed by atoms with Crippen LogP contribution < -0.4 is 15.8 Å². The molecule has 0 atom stereocenters. The zero-order valence-corrected chi connectivity index (χ0v) is 14.0. The minimum Gasteiger partial charge on any atom is -0.492 e. The largest absolute Gasteiger partial charge is 0.492 e. The molecule has 5 nitrogen and oxygen atoms in total. The van der Waals surface area contributed by atoms with Crippen molar-refractivity contribution in [2.45, 2.75) is 13.0 Å². The highest BCUT2D eigenvalue weighted by Crippen LogP contribution is 2.27. The van der Waals surface area contributed by atoms with Crippen molar-refractivity contribution in [2.24, 2.45) is 5.73 Å². The Kier molecular flexibility index (Phi) is 6.45. The highest BCUT2D eigenvalue weighted by molar-refractivity contribution is 7.09. The van der Waals surface area contributed by atoms with E-state index in [0.29, 0.717) is 47.6 Å². The third-order valence-corrected chi connectivity index (χ3v) is 4.12. The lowest BCUT2D eigenvalue weighted by atomic mass is 10.3. The molecule has 22 heavy (non-hydrogen) atoms. The molecule has 118 valence electrons. The molecule has 0 saturated carbocycles. The third-order valence-electron chi connectivity index (χ3n) is 2.72. The van der Waals surface area contributed by atoms with Gasteiger partial charge in [0.15, 0.2) is 0 Å². The Labute approximate surface area is 142 Å². The molecule has 0 aliphatic rings. The Morgan fingerprint density at radius 3 is 2.91 bits per heavy atom. The molecule has 1 aromatic carbocycles. The lowest BCUT2D eigenvalue weighted by molar-refractivity contribution is 0.0947. The molecule has 0 radical (unpaired) electrons. The zero-order valence-electron chi connectivity index (χ0n) is 11.6. The Balaban J connectivity index is 1.69. The average molecular weight is 360 g/mol. The van der Waals surface area contributed by atoms with Gasteiger partial charge in [-0.05, 0) is 24.6 Å². The number of ether oxygens (including phenoxy) is 1. The van der Waals surface area contributed by atoms with Crippen molar-refractivity contribution in [1.82, 2.24) is 10.3 Å². The summed E-state index contributed by atoms with van der Waals surface area (Å²) in [6.07, 6.45) is 0.651. The maximum atomic E-state index is 11.8. The van der Waals surface area contributed by atoms with E-state index in [0.717, 1.165) is 5.01 Å². The number of hydrogen-bond acceptors (Lipinski definition) is 5. The van der Waals surface area contributed by atoms with Gasteiger partial charge in [0.25, 0.3) is 5.91 Å². The molecular formula is C14H15Cl2N3O2S. The molecule has 0 aliphatic carbocycles. The number of halogens is 2. The second-order valence-corrected chi connectivity index (χ2v) is 6.15. The Bertz CT molecular complexity index is 649. The molecule has 8 heteroatoms. The van der Waals surface area contributed by atoms with Crippen LogP contribution in [0.2, 0.25) is 10.0 Å². The van der Waals surface area contributed by atoms with E-state index in [2.05, 4.69) is 10.3 Å². The van der Waals surface area contributed by atoms with Gasteiger partial charge in [0, 0.05) is 23.5 Å². The van der Waals surface area contributed by atoms with Crippen molar-refractivity contribution in [3.8, 4) is 5.75 Å². The first-order valence-corrected chi connectivity index (χ1v) is 8.24. The van der Waals surface area contributed by atoms with E-state index in [1.807, 2.05) is 0 Å². The van der Waals surface area contributed by atoms with Crippen molar-refractivity contribution in [2.75, 3.05) is 13.2 Å². The van der Waals surface area contributed by atoms with Crippen LogP contribution in [-0.4, -0.2) is 24.0 Å². The summed E-state index contributed by atoms with van der Waals surface area (Å²) in [5.41, 5.74) is 5.86. The molecule has 2 aromatic rings. The van der Waals surface area contributed by atoms with Gasteiger partial charge in [-0.25, -0.2) is 4.98 Å². The summed E-state index contributed by atoms with van der Waals surface area (Å²) in [4.78, 5) is 15.9. The van der Waals surface area contributed by atoms with Crippen molar-refractivity contribution in [1.29, 1.82) is 0 Å². The number of amides is 1. The summed E-state index contributed by atoms with van der Waals surface area (Å²) in [6, 6.07) is 5.05. The standard InChI is InChI=1S/C14H15Cl2N3O2S/c15-9-2-3-12(10(16)6-9)21-5-1-4-18-14(20)11-8-22-13(7-17)19-11/h2-3,6,8H,1,4-5,7,17H2,(H,18,20). The number of hydrogen-bond donors (Lipinski definition) is 2. The van der Waals surface area contributed by atoms with Gasteiger partial charge in [-0.2, -0.15) is 0 Å². The third kappa shape index (κ3) is 4.84. The second kappa shape index (κ2) is 8.33. The van der Waals surface area contributed by atoms with Gasteiger partial charge < -0.3 is 15.8 Å². The van der Waals surface area contributed by atoms with E-state index in [4.69, 9.17) is 33.7 Å². The Hall–Kier alpha value is -1.34. The highest BCUT2D eigenvalue weighted by Gasteiger charge is 2.09. The fourth-order valence-electron chi connectivity index (χ4n) is 1.65. The van der Waals surface area contributed by atoms with Crippen LogP contribution in [0.1, 0.15) is 21.9 Å². The van der Waals surface area contributed by atoms with E-state index in [-0.39, 0.29) is 5.91 Å². The van der Waals surface area contributed by atoms with Gasteiger partial charge >= 0.3 is 0 Å².